The van der Waals surface area contributed by atoms with Gasteiger partial charge < -0.3 is 20.5 Å². The molecule has 4 rings (SSSR count). The third-order valence-electron chi connectivity index (χ3n) is 5.13. The molecule has 0 bridgehead atoms. The van der Waals surface area contributed by atoms with Crippen LogP contribution in [0.5, 0.6) is 0 Å². The number of carboxylic acids is 1. The molecule has 2 heterocycles. The second kappa shape index (κ2) is 10.6. The van der Waals surface area contributed by atoms with Crippen molar-refractivity contribution in [2.45, 2.75) is 30.3 Å². The summed E-state index contributed by atoms with van der Waals surface area (Å²) < 4.78 is 57.9. The van der Waals surface area contributed by atoms with Crippen molar-refractivity contribution in [1.29, 1.82) is 0 Å². The van der Waals surface area contributed by atoms with Crippen molar-refractivity contribution in [3.8, 4) is 0 Å². The fraction of sp³-hybridized carbons (Fsp3) is 0.238. The molecule has 1 saturated heterocycles. The number of benzene rings is 2. The molecule has 0 saturated carbocycles. The number of carbonyl (C=O) groups is 3. The molecule has 37 heavy (non-hydrogen) atoms. The van der Waals surface area contributed by atoms with Crippen molar-refractivity contribution >= 4 is 50.6 Å². The molecule has 2 amide bonds. The molecule has 3 aromatic rings. The number of carboxylic acid groups (broad SMARTS) is 2. The first-order chi connectivity index (χ1) is 17.2. The number of rotatable bonds is 5. The van der Waals surface area contributed by atoms with E-state index in [1.54, 1.807) is 18.2 Å². The lowest BCUT2D eigenvalue weighted by Crippen LogP contribution is -2.29. The Kier molecular flexibility index (Phi) is 7.97. The van der Waals surface area contributed by atoms with Gasteiger partial charge in [-0.15, -0.1) is 0 Å². The number of aliphatic carboxylic acids is 1. The van der Waals surface area contributed by atoms with E-state index < -0.39 is 45.5 Å². The first-order valence-corrected chi connectivity index (χ1v) is 12.2. The van der Waals surface area contributed by atoms with Gasteiger partial charge in [-0.1, -0.05) is 35.9 Å². The number of sulfonamides is 1. The molecular weight excluding hydrogens is 545 g/mol. The summed E-state index contributed by atoms with van der Waals surface area (Å²) in [5, 5.41) is 18.0. The minimum Gasteiger partial charge on any atom is -0.475 e. The van der Waals surface area contributed by atoms with Gasteiger partial charge in [0.05, 0.1) is 23.5 Å². The molecule has 1 aromatic heterocycles. The highest BCUT2D eigenvalue weighted by molar-refractivity contribution is 7.90. The second-order valence-corrected chi connectivity index (χ2v) is 10.0. The zero-order valence-corrected chi connectivity index (χ0v) is 20.0. The highest BCUT2D eigenvalue weighted by Gasteiger charge is 2.39. The minimum atomic E-state index is -5.08. The number of imidazole rings is 1. The number of carbonyl (C=O) groups excluding carboxylic acids is 1. The van der Waals surface area contributed by atoms with Crippen LogP contribution in [0.25, 0.3) is 11.0 Å². The number of halogens is 4. The smallest absolute Gasteiger partial charge is 0.475 e. The van der Waals surface area contributed by atoms with E-state index >= 15 is 0 Å². The predicted molar refractivity (Wildman–Crippen MR) is 123 cm³/mol. The van der Waals surface area contributed by atoms with Gasteiger partial charge in [0.15, 0.2) is 0 Å². The Morgan fingerprint density at radius 3 is 2.35 bits per heavy atom. The van der Waals surface area contributed by atoms with E-state index in [2.05, 4.69) is 15.3 Å². The molecule has 1 aliphatic heterocycles. The molecule has 2 atom stereocenters. The van der Waals surface area contributed by atoms with E-state index in [1.165, 1.54) is 0 Å². The van der Waals surface area contributed by atoms with Gasteiger partial charge in [-0.3, -0.25) is 9.52 Å². The van der Waals surface area contributed by atoms with Crippen LogP contribution in [0.15, 0.2) is 42.5 Å². The van der Waals surface area contributed by atoms with Crippen molar-refractivity contribution in [1.82, 2.24) is 20.0 Å². The number of nitrogens with zero attached hydrogens (tertiary/aromatic N) is 1. The summed E-state index contributed by atoms with van der Waals surface area (Å²) in [6, 6.07) is 11.5. The van der Waals surface area contributed by atoms with E-state index in [0.717, 1.165) is 5.52 Å². The molecule has 0 aliphatic carbocycles. The number of amides is 2. The monoisotopic (exact) mass is 562 g/mol. The van der Waals surface area contributed by atoms with E-state index in [-0.39, 0.29) is 17.9 Å². The molecular formula is C21H18ClF3N4O7S. The Labute approximate surface area is 211 Å². The maximum Gasteiger partial charge on any atom is 0.490 e. The van der Waals surface area contributed by atoms with Gasteiger partial charge in [-0.05, 0) is 29.3 Å². The fourth-order valence-corrected chi connectivity index (χ4v) is 5.38. The van der Waals surface area contributed by atoms with E-state index in [9.17, 15) is 36.3 Å². The zero-order chi connectivity index (χ0) is 27.5. The quantitative estimate of drug-likeness (QED) is 0.314. The van der Waals surface area contributed by atoms with Gasteiger partial charge >= 0.3 is 18.2 Å². The normalized spacial score (nSPS) is 17.4. The number of nitrogens with one attached hydrogen (secondary N) is 3. The van der Waals surface area contributed by atoms with Gasteiger partial charge in [0.1, 0.15) is 11.1 Å². The standard InChI is InChI=1S/C19H17ClN4O5S.C2HF3O2/c20-12-7-10(5-6-11(12)16-9-17(25)24-30(16,28)29)8-15(23-19(26)27)18-21-13-3-1-2-4-14(13)22-18;3-2(4,5)1(6)7/h1-7,15-16,23H,8-9H2,(H,21,22)(H,24,25)(H,26,27);(H,6,7)/t15-,16?;/m0./s1. The molecule has 0 spiro atoms. The van der Waals surface area contributed by atoms with Crippen LogP contribution < -0.4 is 10.0 Å². The third-order valence-corrected chi connectivity index (χ3v) is 7.14. The van der Waals surface area contributed by atoms with Crippen LogP contribution in [0.3, 0.4) is 0 Å². The molecule has 1 fully saturated rings. The average Bonchev–Trinajstić information content (AvgIpc) is 3.32. The third kappa shape index (κ3) is 6.89. The lowest BCUT2D eigenvalue weighted by molar-refractivity contribution is -0.192. The first kappa shape index (κ1) is 27.7. The van der Waals surface area contributed by atoms with Gasteiger partial charge in [-0.25, -0.2) is 23.0 Å². The van der Waals surface area contributed by atoms with Crippen LogP contribution in [0.1, 0.15) is 34.7 Å². The number of para-hydroxylation sites is 2. The SMILES string of the molecule is O=C(O)C(F)(F)F.O=C(O)N[C@@H](Cc1ccc(C2CC(=O)NS2(=O)=O)c(Cl)c1)c1nc2ccccc2[nH]1. The largest absolute Gasteiger partial charge is 0.490 e. The first-order valence-electron chi connectivity index (χ1n) is 10.2. The Bertz CT molecular complexity index is 1430. The molecule has 11 nitrogen and oxygen atoms in total. The summed E-state index contributed by atoms with van der Waals surface area (Å²) >= 11 is 6.32. The second-order valence-electron chi connectivity index (χ2n) is 7.77. The van der Waals surface area contributed by atoms with Gasteiger partial charge in [0.25, 0.3) is 0 Å². The molecule has 1 unspecified atom stereocenters. The van der Waals surface area contributed by atoms with Gasteiger partial charge in [-0.2, -0.15) is 13.2 Å². The van der Waals surface area contributed by atoms with Crippen LogP contribution in [0.4, 0.5) is 18.0 Å². The summed E-state index contributed by atoms with van der Waals surface area (Å²) in [6.07, 6.45) is -6.24. The zero-order valence-electron chi connectivity index (χ0n) is 18.4. The summed E-state index contributed by atoms with van der Waals surface area (Å²) in [5.74, 6) is -2.88. The Morgan fingerprint density at radius 1 is 1.19 bits per heavy atom. The summed E-state index contributed by atoms with van der Waals surface area (Å²) in [7, 11) is -3.81. The molecule has 1 aliphatic rings. The lowest BCUT2D eigenvalue weighted by Gasteiger charge is -2.16. The van der Waals surface area contributed by atoms with Crippen LogP contribution in [0, 0.1) is 0 Å². The van der Waals surface area contributed by atoms with Crippen LogP contribution in [0.2, 0.25) is 5.02 Å². The van der Waals surface area contributed by atoms with Crippen LogP contribution >= 0.6 is 11.6 Å². The fourth-order valence-electron chi connectivity index (χ4n) is 3.52. The predicted octanol–water partition coefficient (Wildman–Crippen LogP) is 3.29. The Morgan fingerprint density at radius 2 is 1.84 bits per heavy atom. The number of H-pyrrole nitrogens is 1. The maximum atomic E-state index is 12.1. The molecule has 16 heteroatoms. The lowest BCUT2D eigenvalue weighted by atomic mass is 10.0. The molecule has 198 valence electrons. The topological polar surface area (TPSA) is 179 Å². The molecule has 5 N–H and O–H groups in total. The maximum absolute atomic E-state index is 12.1. The molecule has 2 aromatic carbocycles. The van der Waals surface area contributed by atoms with E-state index in [4.69, 9.17) is 21.5 Å². The summed E-state index contributed by atoms with van der Waals surface area (Å²) in [6.45, 7) is 0. The number of aromatic amines is 1. The summed E-state index contributed by atoms with van der Waals surface area (Å²) in [4.78, 5) is 39.3. The average molecular weight is 563 g/mol. The number of fused-ring (bicyclic) bond motifs is 1. The summed E-state index contributed by atoms with van der Waals surface area (Å²) in [5.41, 5.74) is 2.49. The van der Waals surface area contributed by atoms with Crippen molar-refractivity contribution in [3.05, 3.63) is 64.4 Å². The van der Waals surface area contributed by atoms with Crippen molar-refractivity contribution in [3.63, 3.8) is 0 Å². The number of hydrogen-bond donors (Lipinski definition) is 5. The van der Waals surface area contributed by atoms with Crippen LogP contribution in [-0.4, -0.2) is 52.7 Å². The Balaban J connectivity index is 0.000000479. The van der Waals surface area contributed by atoms with Gasteiger partial charge in [0.2, 0.25) is 15.9 Å². The van der Waals surface area contributed by atoms with Gasteiger partial charge in [0, 0.05) is 11.4 Å². The van der Waals surface area contributed by atoms with Crippen LogP contribution in [-0.2, 0) is 26.0 Å². The Hall–Kier alpha value is -3.85. The highest BCUT2D eigenvalue weighted by Crippen LogP contribution is 2.35. The number of alkyl halides is 3. The highest BCUT2D eigenvalue weighted by atomic mass is 35.5. The van der Waals surface area contributed by atoms with Crippen molar-refractivity contribution in [2.24, 2.45) is 0 Å². The van der Waals surface area contributed by atoms with E-state index in [1.807, 2.05) is 29.0 Å². The minimum absolute atomic E-state index is 0.191. The molecule has 0 radical (unpaired) electrons. The van der Waals surface area contributed by atoms with E-state index in [0.29, 0.717) is 22.5 Å². The van der Waals surface area contributed by atoms with Crippen molar-refractivity contribution in [2.75, 3.05) is 0 Å². The number of aromatic nitrogens is 2. The van der Waals surface area contributed by atoms with Crippen molar-refractivity contribution < 1.29 is 46.2 Å². The number of hydrogen-bond acceptors (Lipinski definition) is 6.